The molecule has 8 heteroatoms. The van der Waals surface area contributed by atoms with Gasteiger partial charge in [-0.15, -0.1) is 0 Å². The number of hydrogen-bond acceptors (Lipinski definition) is 5. The van der Waals surface area contributed by atoms with E-state index in [1.54, 1.807) is 11.0 Å². The second-order valence-corrected chi connectivity index (χ2v) is 8.93. The highest BCUT2D eigenvalue weighted by Crippen LogP contribution is 2.20. The van der Waals surface area contributed by atoms with E-state index in [1.807, 2.05) is 30.3 Å². The Labute approximate surface area is 153 Å². The zero-order valence-corrected chi connectivity index (χ0v) is 15.5. The maximum atomic E-state index is 12.4. The summed E-state index contributed by atoms with van der Waals surface area (Å²) in [6, 6.07) is 11.3. The topological polar surface area (TPSA) is 92.5 Å². The Balaban J connectivity index is 1.53. The molecule has 0 radical (unpaired) electrons. The van der Waals surface area contributed by atoms with E-state index in [-0.39, 0.29) is 24.2 Å². The molecule has 26 heavy (non-hydrogen) atoms. The highest BCUT2D eigenvalue weighted by atomic mass is 32.2. The van der Waals surface area contributed by atoms with Gasteiger partial charge in [0.15, 0.2) is 5.76 Å². The molecule has 1 fully saturated rings. The van der Waals surface area contributed by atoms with Gasteiger partial charge in [-0.1, -0.05) is 35.5 Å². The van der Waals surface area contributed by atoms with Crippen molar-refractivity contribution in [2.24, 2.45) is 5.92 Å². The van der Waals surface area contributed by atoms with E-state index in [9.17, 15) is 13.2 Å². The summed E-state index contributed by atoms with van der Waals surface area (Å²) in [5, 5.41) is 6.84. The van der Waals surface area contributed by atoms with E-state index in [1.165, 1.54) is 6.26 Å². The van der Waals surface area contributed by atoms with Crippen LogP contribution >= 0.6 is 0 Å². The standard InChI is InChI=1S/C18H23N3O4S/c1-26(23,24)13-14-6-5-9-21(12-14)18(22)19-11-16-10-17(20-25-16)15-7-3-2-4-8-15/h2-4,7-8,10,14H,5-6,9,11-13H2,1H3,(H,19,22)/t14-/m1/s1. The second kappa shape index (κ2) is 7.90. The Bertz CT molecular complexity index is 848. The van der Waals surface area contributed by atoms with Gasteiger partial charge in [-0.3, -0.25) is 0 Å². The number of rotatable bonds is 5. The van der Waals surface area contributed by atoms with Crippen LogP contribution in [0.1, 0.15) is 18.6 Å². The number of carbonyl (C=O) groups is 1. The fourth-order valence-electron chi connectivity index (χ4n) is 3.23. The maximum Gasteiger partial charge on any atom is 0.317 e. The average molecular weight is 377 g/mol. The fourth-order valence-corrected chi connectivity index (χ4v) is 4.36. The summed E-state index contributed by atoms with van der Waals surface area (Å²) < 4.78 is 28.2. The van der Waals surface area contributed by atoms with Crippen molar-refractivity contribution < 1.29 is 17.7 Å². The van der Waals surface area contributed by atoms with Gasteiger partial charge in [0, 0.05) is 31.0 Å². The molecule has 0 aliphatic carbocycles. The van der Waals surface area contributed by atoms with Crippen LogP contribution in [0.25, 0.3) is 11.3 Å². The quantitative estimate of drug-likeness (QED) is 0.863. The van der Waals surface area contributed by atoms with E-state index in [4.69, 9.17) is 4.52 Å². The van der Waals surface area contributed by atoms with Gasteiger partial charge >= 0.3 is 6.03 Å². The van der Waals surface area contributed by atoms with E-state index in [0.29, 0.717) is 18.8 Å². The predicted octanol–water partition coefficient (Wildman–Crippen LogP) is 2.31. The van der Waals surface area contributed by atoms with Crippen LogP contribution in [-0.4, -0.2) is 49.6 Å². The van der Waals surface area contributed by atoms with Crippen LogP contribution in [0.2, 0.25) is 0 Å². The molecule has 0 spiro atoms. The van der Waals surface area contributed by atoms with Gasteiger partial charge in [0.1, 0.15) is 15.5 Å². The first-order chi connectivity index (χ1) is 12.4. The van der Waals surface area contributed by atoms with Gasteiger partial charge in [0.25, 0.3) is 0 Å². The third-order valence-corrected chi connectivity index (χ3v) is 5.46. The molecular formula is C18H23N3O4S. The van der Waals surface area contributed by atoms with Gasteiger partial charge in [-0.05, 0) is 18.8 Å². The van der Waals surface area contributed by atoms with Crippen LogP contribution in [0.4, 0.5) is 4.79 Å². The Morgan fingerprint density at radius 3 is 2.85 bits per heavy atom. The number of urea groups is 1. The first kappa shape index (κ1) is 18.4. The van der Waals surface area contributed by atoms with Gasteiger partial charge < -0.3 is 14.7 Å². The van der Waals surface area contributed by atoms with Crippen molar-refractivity contribution in [2.75, 3.05) is 25.1 Å². The molecule has 140 valence electrons. The molecule has 1 aliphatic rings. The summed E-state index contributed by atoms with van der Waals surface area (Å²) in [6.07, 6.45) is 2.88. The van der Waals surface area contributed by atoms with Gasteiger partial charge in [-0.25, -0.2) is 13.2 Å². The van der Waals surface area contributed by atoms with Crippen LogP contribution in [-0.2, 0) is 16.4 Å². The van der Waals surface area contributed by atoms with Gasteiger partial charge in [0.05, 0.1) is 12.3 Å². The number of hydrogen-bond donors (Lipinski definition) is 1. The first-order valence-corrected chi connectivity index (χ1v) is 10.7. The minimum Gasteiger partial charge on any atom is -0.359 e. The number of likely N-dealkylation sites (tertiary alicyclic amines) is 1. The van der Waals surface area contributed by atoms with Crippen molar-refractivity contribution in [1.82, 2.24) is 15.4 Å². The molecule has 3 rings (SSSR count). The Morgan fingerprint density at radius 2 is 2.12 bits per heavy atom. The second-order valence-electron chi connectivity index (χ2n) is 6.75. The van der Waals surface area contributed by atoms with Crippen molar-refractivity contribution in [3.05, 3.63) is 42.2 Å². The van der Waals surface area contributed by atoms with Crippen molar-refractivity contribution in [3.63, 3.8) is 0 Å². The van der Waals surface area contributed by atoms with Crippen molar-refractivity contribution in [2.45, 2.75) is 19.4 Å². The van der Waals surface area contributed by atoms with Crippen molar-refractivity contribution >= 4 is 15.9 Å². The minimum atomic E-state index is -3.03. The highest BCUT2D eigenvalue weighted by Gasteiger charge is 2.26. The Morgan fingerprint density at radius 1 is 1.35 bits per heavy atom. The lowest BCUT2D eigenvalue weighted by Gasteiger charge is -2.32. The molecule has 0 unspecified atom stereocenters. The lowest BCUT2D eigenvalue weighted by Crippen LogP contribution is -2.46. The first-order valence-electron chi connectivity index (χ1n) is 8.62. The summed E-state index contributed by atoms with van der Waals surface area (Å²) in [6.45, 7) is 1.34. The number of benzene rings is 1. The van der Waals surface area contributed by atoms with Crippen LogP contribution in [0, 0.1) is 5.92 Å². The molecule has 1 aliphatic heterocycles. The Hall–Kier alpha value is -2.35. The molecule has 2 amide bonds. The molecule has 1 aromatic carbocycles. The maximum absolute atomic E-state index is 12.4. The summed E-state index contributed by atoms with van der Waals surface area (Å²) in [5.74, 6) is 0.695. The summed E-state index contributed by atoms with van der Waals surface area (Å²) in [4.78, 5) is 14.0. The van der Waals surface area contributed by atoms with Crippen molar-refractivity contribution in [1.29, 1.82) is 0 Å². The summed E-state index contributed by atoms with van der Waals surface area (Å²) in [7, 11) is -3.03. The lowest BCUT2D eigenvalue weighted by atomic mass is 10.0. The normalized spacial score (nSPS) is 17.9. The number of aromatic nitrogens is 1. The van der Waals surface area contributed by atoms with E-state index in [0.717, 1.165) is 24.1 Å². The summed E-state index contributed by atoms with van der Waals surface area (Å²) in [5.41, 5.74) is 1.68. The van der Waals surface area contributed by atoms with Crippen LogP contribution in [0.3, 0.4) is 0 Å². The molecule has 2 aromatic rings. The number of nitrogens with one attached hydrogen (secondary N) is 1. The molecule has 2 heterocycles. The molecule has 1 N–H and O–H groups in total. The van der Waals surface area contributed by atoms with Gasteiger partial charge in [-0.2, -0.15) is 0 Å². The molecule has 1 atom stereocenters. The summed E-state index contributed by atoms with van der Waals surface area (Å²) >= 11 is 0. The molecule has 7 nitrogen and oxygen atoms in total. The Kier molecular flexibility index (Phi) is 5.61. The lowest BCUT2D eigenvalue weighted by molar-refractivity contribution is 0.169. The predicted molar refractivity (Wildman–Crippen MR) is 98.2 cm³/mol. The van der Waals surface area contributed by atoms with Gasteiger partial charge in [0.2, 0.25) is 0 Å². The number of piperidine rings is 1. The average Bonchev–Trinajstić information content (AvgIpc) is 3.08. The molecular weight excluding hydrogens is 354 g/mol. The van der Waals surface area contributed by atoms with Crippen molar-refractivity contribution in [3.8, 4) is 11.3 Å². The smallest absolute Gasteiger partial charge is 0.317 e. The third kappa shape index (κ3) is 5.08. The SMILES string of the molecule is CS(=O)(=O)C[C@@H]1CCCN(C(=O)NCc2cc(-c3ccccc3)no2)C1. The van der Waals surface area contributed by atoms with Crippen LogP contribution < -0.4 is 5.32 Å². The van der Waals surface area contributed by atoms with E-state index in [2.05, 4.69) is 10.5 Å². The molecule has 1 aromatic heterocycles. The van der Waals surface area contributed by atoms with E-state index < -0.39 is 9.84 Å². The largest absolute Gasteiger partial charge is 0.359 e. The zero-order chi connectivity index (χ0) is 18.6. The molecule has 0 saturated carbocycles. The molecule has 0 bridgehead atoms. The minimum absolute atomic E-state index is 0.000497. The van der Waals surface area contributed by atoms with Crippen LogP contribution in [0.15, 0.2) is 40.9 Å². The van der Waals surface area contributed by atoms with E-state index >= 15 is 0 Å². The van der Waals surface area contributed by atoms with Crippen LogP contribution in [0.5, 0.6) is 0 Å². The molecule has 1 saturated heterocycles. The fraction of sp³-hybridized carbons (Fsp3) is 0.444. The number of amides is 2. The number of carbonyl (C=O) groups excluding carboxylic acids is 1. The highest BCUT2D eigenvalue weighted by molar-refractivity contribution is 7.90. The monoisotopic (exact) mass is 377 g/mol. The zero-order valence-electron chi connectivity index (χ0n) is 14.7. The number of sulfone groups is 1. The third-order valence-electron chi connectivity index (χ3n) is 4.39. The number of nitrogens with zero attached hydrogens (tertiary/aromatic N) is 2.